The van der Waals surface area contributed by atoms with Crippen LogP contribution in [0.15, 0.2) is 24.3 Å². The van der Waals surface area contributed by atoms with E-state index in [-0.39, 0.29) is 6.10 Å². The van der Waals surface area contributed by atoms with Gasteiger partial charge in [-0.15, -0.1) is 5.10 Å². The van der Waals surface area contributed by atoms with Crippen LogP contribution in [-0.4, -0.2) is 28.9 Å². The second-order valence-corrected chi connectivity index (χ2v) is 3.89. The van der Waals surface area contributed by atoms with E-state index in [0.29, 0.717) is 18.4 Å². The molecular formula is C13H17N3O2. The van der Waals surface area contributed by atoms with Gasteiger partial charge >= 0.3 is 6.01 Å². The molecule has 1 aromatic carbocycles. The van der Waals surface area contributed by atoms with Gasteiger partial charge in [-0.25, -0.2) is 0 Å². The van der Waals surface area contributed by atoms with Crippen molar-refractivity contribution in [1.82, 2.24) is 15.2 Å². The van der Waals surface area contributed by atoms with Crippen molar-refractivity contribution >= 4 is 0 Å². The first-order chi connectivity index (χ1) is 8.74. The number of nitrogens with zero attached hydrogens (tertiary/aromatic N) is 2. The van der Waals surface area contributed by atoms with Crippen LogP contribution in [0.3, 0.4) is 0 Å². The number of ether oxygens (including phenoxy) is 2. The van der Waals surface area contributed by atoms with Crippen molar-refractivity contribution in [1.29, 1.82) is 0 Å². The lowest BCUT2D eigenvalue weighted by molar-refractivity contribution is 0.0764. The number of rotatable bonds is 5. The fourth-order valence-corrected chi connectivity index (χ4v) is 1.73. The third-order valence-electron chi connectivity index (χ3n) is 2.72. The summed E-state index contributed by atoms with van der Waals surface area (Å²) in [5, 5.41) is 6.74. The zero-order valence-electron chi connectivity index (χ0n) is 10.8. The minimum absolute atomic E-state index is 0.105. The zero-order chi connectivity index (χ0) is 13.0. The molecule has 0 saturated carbocycles. The summed E-state index contributed by atoms with van der Waals surface area (Å²) in [6.07, 6.45) is 0.105. The first-order valence-electron chi connectivity index (χ1n) is 5.93. The van der Waals surface area contributed by atoms with Crippen LogP contribution < -0.4 is 4.74 Å². The van der Waals surface area contributed by atoms with E-state index in [1.165, 1.54) is 0 Å². The first kappa shape index (κ1) is 12.6. The molecule has 5 heteroatoms. The van der Waals surface area contributed by atoms with Gasteiger partial charge in [-0.1, -0.05) is 24.3 Å². The van der Waals surface area contributed by atoms with Gasteiger partial charge in [0.25, 0.3) is 0 Å². The Hall–Kier alpha value is -1.88. The molecule has 0 aliphatic carbocycles. The standard InChI is InChI=1S/C13H17N3O2/c1-4-18-9(2)10-5-7-11(8-6-10)12-14-13(17-3)16-15-12/h5-9H,4H2,1-3H3,(H,14,15,16). The number of nitrogens with one attached hydrogen (secondary N) is 1. The zero-order valence-corrected chi connectivity index (χ0v) is 10.8. The molecule has 2 rings (SSSR count). The van der Waals surface area contributed by atoms with Crippen LogP contribution in [0.4, 0.5) is 0 Å². The van der Waals surface area contributed by atoms with Crippen LogP contribution in [0.1, 0.15) is 25.5 Å². The molecule has 1 unspecified atom stereocenters. The Morgan fingerprint density at radius 3 is 2.56 bits per heavy atom. The van der Waals surface area contributed by atoms with Gasteiger partial charge in [-0.05, 0) is 19.4 Å². The van der Waals surface area contributed by atoms with E-state index < -0.39 is 0 Å². The Labute approximate surface area is 106 Å². The maximum absolute atomic E-state index is 5.54. The number of methoxy groups -OCH3 is 1. The summed E-state index contributed by atoms with van der Waals surface area (Å²) in [4.78, 5) is 4.19. The molecule has 1 N–H and O–H groups in total. The van der Waals surface area contributed by atoms with Crippen molar-refractivity contribution in [3.05, 3.63) is 29.8 Å². The lowest BCUT2D eigenvalue weighted by atomic mass is 10.1. The minimum atomic E-state index is 0.105. The van der Waals surface area contributed by atoms with E-state index in [1.807, 2.05) is 38.1 Å². The van der Waals surface area contributed by atoms with Gasteiger partial charge in [0.2, 0.25) is 0 Å². The molecule has 5 nitrogen and oxygen atoms in total. The predicted octanol–water partition coefficient (Wildman–Crippen LogP) is 2.58. The maximum atomic E-state index is 5.54. The molecule has 2 aromatic rings. The molecule has 0 bridgehead atoms. The predicted molar refractivity (Wildman–Crippen MR) is 68.4 cm³/mol. The topological polar surface area (TPSA) is 60.0 Å². The summed E-state index contributed by atoms with van der Waals surface area (Å²) in [6.45, 7) is 4.74. The normalized spacial score (nSPS) is 12.4. The maximum Gasteiger partial charge on any atom is 0.335 e. The molecule has 0 fully saturated rings. The van der Waals surface area contributed by atoms with E-state index >= 15 is 0 Å². The SMILES string of the molecule is CCOC(C)c1ccc(-c2nc(OC)n[nH]2)cc1. The Kier molecular flexibility index (Phi) is 3.94. The van der Waals surface area contributed by atoms with E-state index in [1.54, 1.807) is 7.11 Å². The molecule has 0 amide bonds. The smallest absolute Gasteiger partial charge is 0.335 e. The highest BCUT2D eigenvalue weighted by molar-refractivity contribution is 5.55. The van der Waals surface area contributed by atoms with Gasteiger partial charge in [0.15, 0.2) is 5.82 Å². The quantitative estimate of drug-likeness (QED) is 0.882. The second kappa shape index (κ2) is 5.64. The molecule has 0 radical (unpaired) electrons. The summed E-state index contributed by atoms with van der Waals surface area (Å²) in [5.74, 6) is 0.697. The molecular weight excluding hydrogens is 230 g/mol. The van der Waals surface area contributed by atoms with E-state index in [2.05, 4.69) is 15.2 Å². The number of aromatic amines is 1. The Morgan fingerprint density at radius 1 is 1.28 bits per heavy atom. The van der Waals surface area contributed by atoms with Crippen molar-refractivity contribution in [2.24, 2.45) is 0 Å². The first-order valence-corrected chi connectivity index (χ1v) is 5.93. The van der Waals surface area contributed by atoms with Crippen molar-refractivity contribution in [2.75, 3.05) is 13.7 Å². The highest BCUT2D eigenvalue weighted by atomic mass is 16.5. The van der Waals surface area contributed by atoms with Gasteiger partial charge in [-0.3, -0.25) is 5.10 Å². The summed E-state index contributed by atoms with van der Waals surface area (Å²) in [7, 11) is 1.54. The van der Waals surface area contributed by atoms with Gasteiger partial charge in [0.05, 0.1) is 13.2 Å². The van der Waals surface area contributed by atoms with Crippen LogP contribution in [0.25, 0.3) is 11.4 Å². The van der Waals surface area contributed by atoms with E-state index in [0.717, 1.165) is 11.1 Å². The Morgan fingerprint density at radius 2 is 2.00 bits per heavy atom. The monoisotopic (exact) mass is 247 g/mol. The number of benzene rings is 1. The Bertz CT molecular complexity index is 493. The molecule has 18 heavy (non-hydrogen) atoms. The lowest BCUT2D eigenvalue weighted by Crippen LogP contribution is -1.99. The third kappa shape index (κ3) is 2.68. The summed E-state index contributed by atoms with van der Waals surface area (Å²) >= 11 is 0. The fourth-order valence-electron chi connectivity index (χ4n) is 1.73. The van der Waals surface area contributed by atoms with Crippen molar-refractivity contribution in [3.8, 4) is 17.4 Å². The summed E-state index contributed by atoms with van der Waals surface area (Å²) < 4.78 is 10.5. The number of H-pyrrole nitrogens is 1. The van der Waals surface area contributed by atoms with Gasteiger partial charge in [0.1, 0.15) is 0 Å². The molecule has 1 atom stereocenters. The number of hydrogen-bond acceptors (Lipinski definition) is 4. The van der Waals surface area contributed by atoms with E-state index in [4.69, 9.17) is 9.47 Å². The third-order valence-corrected chi connectivity index (χ3v) is 2.72. The molecule has 0 spiro atoms. The fraction of sp³-hybridized carbons (Fsp3) is 0.385. The van der Waals surface area contributed by atoms with Gasteiger partial charge in [-0.2, -0.15) is 4.98 Å². The molecule has 0 aliphatic rings. The van der Waals surface area contributed by atoms with Gasteiger partial charge < -0.3 is 9.47 Å². The van der Waals surface area contributed by atoms with Crippen LogP contribution >= 0.6 is 0 Å². The highest BCUT2D eigenvalue weighted by Crippen LogP contribution is 2.21. The van der Waals surface area contributed by atoms with E-state index in [9.17, 15) is 0 Å². The van der Waals surface area contributed by atoms with Crippen LogP contribution in [0.2, 0.25) is 0 Å². The molecule has 1 heterocycles. The minimum Gasteiger partial charge on any atom is -0.466 e. The molecule has 0 aliphatic heterocycles. The molecule has 1 aromatic heterocycles. The summed E-state index contributed by atoms with van der Waals surface area (Å²) in [5.41, 5.74) is 2.12. The number of hydrogen-bond donors (Lipinski definition) is 1. The van der Waals surface area contributed by atoms with Crippen molar-refractivity contribution in [2.45, 2.75) is 20.0 Å². The van der Waals surface area contributed by atoms with Gasteiger partial charge in [0, 0.05) is 12.2 Å². The Balaban J connectivity index is 2.16. The van der Waals surface area contributed by atoms with Crippen molar-refractivity contribution in [3.63, 3.8) is 0 Å². The van der Waals surface area contributed by atoms with Crippen LogP contribution in [-0.2, 0) is 4.74 Å². The largest absolute Gasteiger partial charge is 0.466 e. The highest BCUT2D eigenvalue weighted by Gasteiger charge is 2.08. The van der Waals surface area contributed by atoms with Crippen LogP contribution in [0.5, 0.6) is 6.01 Å². The van der Waals surface area contributed by atoms with Crippen molar-refractivity contribution < 1.29 is 9.47 Å². The lowest BCUT2D eigenvalue weighted by Gasteiger charge is -2.11. The average Bonchev–Trinajstić information content (AvgIpc) is 2.88. The molecule has 96 valence electrons. The molecule has 0 saturated heterocycles. The average molecular weight is 247 g/mol. The summed E-state index contributed by atoms with van der Waals surface area (Å²) in [6, 6.07) is 8.39. The number of aromatic nitrogens is 3. The second-order valence-electron chi connectivity index (χ2n) is 3.89. The van der Waals surface area contributed by atoms with Crippen LogP contribution in [0, 0.1) is 0 Å².